The second kappa shape index (κ2) is 4.09. The highest BCUT2D eigenvalue weighted by atomic mass is 16.2. The van der Waals surface area contributed by atoms with E-state index in [2.05, 4.69) is 16.2 Å². The lowest BCUT2D eigenvalue weighted by Gasteiger charge is -1.98. The van der Waals surface area contributed by atoms with Gasteiger partial charge in [-0.05, 0) is 0 Å². The van der Waals surface area contributed by atoms with Crippen molar-refractivity contribution in [2.24, 2.45) is 0 Å². The van der Waals surface area contributed by atoms with Crippen LogP contribution in [0.5, 0.6) is 0 Å². The molecule has 6 heteroatoms. The van der Waals surface area contributed by atoms with E-state index >= 15 is 0 Å². The molecule has 0 aliphatic heterocycles. The molecule has 0 atom stereocenters. The summed E-state index contributed by atoms with van der Waals surface area (Å²) in [6.45, 7) is 0.0252. The van der Waals surface area contributed by atoms with Crippen LogP contribution in [0.2, 0.25) is 0 Å². The molecule has 0 aromatic carbocycles. The fourth-order valence-electron chi connectivity index (χ4n) is 0.805. The van der Waals surface area contributed by atoms with Crippen LogP contribution in [-0.2, 0) is 0 Å². The molecule has 6 nitrogen and oxygen atoms in total. The van der Waals surface area contributed by atoms with Crippen molar-refractivity contribution in [1.29, 1.82) is 0 Å². The maximum absolute atomic E-state index is 11.2. The number of carbonyl (C=O) groups is 1. The molecule has 0 saturated heterocycles. The first-order chi connectivity index (χ1) is 6.65. The number of hydrogen-bond acceptors (Lipinski definition) is 3. The summed E-state index contributed by atoms with van der Waals surface area (Å²) in [5.74, 6) is 1.56. The number of carbonyl (C=O) groups excluding carboxylic acids is 1. The Bertz CT molecular complexity index is 492. The van der Waals surface area contributed by atoms with Gasteiger partial charge in [-0.3, -0.25) is 14.6 Å². The van der Waals surface area contributed by atoms with Crippen LogP contribution in [0.25, 0.3) is 0 Å². The molecule has 1 heterocycles. The lowest BCUT2D eigenvalue weighted by Crippen LogP contribution is -2.33. The van der Waals surface area contributed by atoms with Crippen LogP contribution < -0.4 is 16.6 Å². The van der Waals surface area contributed by atoms with Crippen LogP contribution in [0, 0.1) is 12.3 Å². The monoisotopic (exact) mass is 193 g/mol. The number of rotatable bonds is 2. The number of aromatic nitrogens is 2. The summed E-state index contributed by atoms with van der Waals surface area (Å²) in [6.07, 6.45) is 5.94. The minimum Gasteiger partial charge on any atom is -0.341 e. The lowest BCUT2D eigenvalue weighted by atomic mass is 10.3. The molecule has 1 amide bonds. The number of terminal acetylenes is 1. The van der Waals surface area contributed by atoms with Gasteiger partial charge in [-0.25, -0.2) is 4.79 Å². The normalized spacial score (nSPS) is 9.07. The van der Waals surface area contributed by atoms with Gasteiger partial charge in [0.05, 0.1) is 6.54 Å². The van der Waals surface area contributed by atoms with Crippen molar-refractivity contribution in [3.8, 4) is 12.3 Å². The van der Waals surface area contributed by atoms with E-state index in [1.807, 2.05) is 4.98 Å². The summed E-state index contributed by atoms with van der Waals surface area (Å²) in [7, 11) is 0. The Balaban J connectivity index is 2.98. The summed E-state index contributed by atoms with van der Waals surface area (Å²) in [5, 5.41) is 2.29. The largest absolute Gasteiger partial charge is 0.341 e. The molecule has 0 radical (unpaired) electrons. The fraction of sp³-hybridized carbons (Fsp3) is 0.125. The Hall–Kier alpha value is -2.29. The Kier molecular flexibility index (Phi) is 2.86. The van der Waals surface area contributed by atoms with Crippen LogP contribution in [0.15, 0.2) is 15.8 Å². The van der Waals surface area contributed by atoms with Gasteiger partial charge in [0.2, 0.25) is 0 Å². The van der Waals surface area contributed by atoms with Crippen LogP contribution in [0.1, 0.15) is 10.4 Å². The molecule has 72 valence electrons. The average Bonchev–Trinajstić information content (AvgIpc) is 2.14. The zero-order chi connectivity index (χ0) is 10.6. The lowest BCUT2D eigenvalue weighted by molar-refractivity contribution is 0.0956. The van der Waals surface area contributed by atoms with Crippen molar-refractivity contribution in [2.75, 3.05) is 6.54 Å². The zero-order valence-electron chi connectivity index (χ0n) is 7.09. The third kappa shape index (κ3) is 2.10. The second-order valence-corrected chi connectivity index (χ2v) is 2.37. The van der Waals surface area contributed by atoms with Crippen molar-refractivity contribution in [2.45, 2.75) is 0 Å². The van der Waals surface area contributed by atoms with Gasteiger partial charge in [0, 0.05) is 6.20 Å². The second-order valence-electron chi connectivity index (χ2n) is 2.37. The molecular weight excluding hydrogens is 186 g/mol. The Morgan fingerprint density at radius 1 is 1.57 bits per heavy atom. The Morgan fingerprint density at radius 2 is 2.29 bits per heavy atom. The van der Waals surface area contributed by atoms with Gasteiger partial charge in [0.1, 0.15) is 5.56 Å². The van der Waals surface area contributed by atoms with Crippen molar-refractivity contribution < 1.29 is 4.79 Å². The highest BCUT2D eigenvalue weighted by Gasteiger charge is 2.08. The van der Waals surface area contributed by atoms with E-state index < -0.39 is 17.2 Å². The summed E-state index contributed by atoms with van der Waals surface area (Å²) in [6, 6.07) is 0. The predicted molar refractivity (Wildman–Crippen MR) is 48.8 cm³/mol. The minimum atomic E-state index is -0.747. The van der Waals surface area contributed by atoms with E-state index in [9.17, 15) is 14.4 Å². The summed E-state index contributed by atoms with van der Waals surface area (Å²) in [4.78, 5) is 36.9. The van der Waals surface area contributed by atoms with Gasteiger partial charge in [0.15, 0.2) is 0 Å². The molecule has 0 fully saturated rings. The number of hydrogen-bond donors (Lipinski definition) is 3. The number of nitrogens with one attached hydrogen (secondary N) is 3. The molecule has 1 aromatic rings. The molecular formula is C8H7N3O3. The van der Waals surface area contributed by atoms with E-state index in [1.165, 1.54) is 0 Å². The van der Waals surface area contributed by atoms with Crippen molar-refractivity contribution in [3.05, 3.63) is 32.6 Å². The summed E-state index contributed by atoms with van der Waals surface area (Å²) >= 11 is 0. The quantitative estimate of drug-likeness (QED) is 0.495. The first kappa shape index (κ1) is 9.80. The Morgan fingerprint density at radius 3 is 2.86 bits per heavy atom. The van der Waals surface area contributed by atoms with Gasteiger partial charge < -0.3 is 10.3 Å². The highest BCUT2D eigenvalue weighted by molar-refractivity contribution is 5.93. The number of H-pyrrole nitrogens is 2. The third-order valence-corrected chi connectivity index (χ3v) is 1.41. The molecule has 0 bridgehead atoms. The SMILES string of the molecule is C#CCNC(=O)c1c[nH]c(=O)[nH]c1=O. The smallest absolute Gasteiger partial charge is 0.325 e. The zero-order valence-corrected chi connectivity index (χ0v) is 7.09. The van der Waals surface area contributed by atoms with E-state index in [0.717, 1.165) is 6.20 Å². The molecule has 1 rings (SSSR count). The van der Waals surface area contributed by atoms with Gasteiger partial charge >= 0.3 is 5.69 Å². The molecule has 1 aromatic heterocycles. The molecule has 3 N–H and O–H groups in total. The van der Waals surface area contributed by atoms with Crippen LogP contribution in [0.3, 0.4) is 0 Å². The summed E-state index contributed by atoms with van der Waals surface area (Å²) in [5.41, 5.74) is -1.59. The molecule has 0 saturated carbocycles. The van der Waals surface area contributed by atoms with Crippen LogP contribution in [0.4, 0.5) is 0 Å². The van der Waals surface area contributed by atoms with Crippen molar-refractivity contribution >= 4 is 5.91 Å². The maximum atomic E-state index is 11.2. The molecule has 0 unspecified atom stereocenters. The third-order valence-electron chi connectivity index (χ3n) is 1.41. The fourth-order valence-corrected chi connectivity index (χ4v) is 0.805. The average molecular weight is 193 g/mol. The minimum absolute atomic E-state index is 0.0252. The van der Waals surface area contributed by atoms with E-state index in [0.29, 0.717) is 0 Å². The van der Waals surface area contributed by atoms with Crippen LogP contribution in [-0.4, -0.2) is 22.4 Å². The predicted octanol–water partition coefficient (Wildman–Crippen LogP) is -1.57. The van der Waals surface area contributed by atoms with Gasteiger partial charge in [-0.15, -0.1) is 6.42 Å². The topological polar surface area (TPSA) is 94.8 Å². The molecule has 0 aliphatic carbocycles. The standard InChI is InChI=1S/C8H7N3O3/c1-2-3-9-6(12)5-4-10-8(14)11-7(5)13/h1,4H,3H2,(H,9,12)(H2,10,11,13,14). The number of aromatic amines is 2. The molecule has 0 spiro atoms. The number of amides is 1. The maximum Gasteiger partial charge on any atom is 0.325 e. The highest BCUT2D eigenvalue weighted by Crippen LogP contribution is 1.83. The van der Waals surface area contributed by atoms with E-state index in [1.54, 1.807) is 0 Å². The van der Waals surface area contributed by atoms with Crippen LogP contribution >= 0.6 is 0 Å². The van der Waals surface area contributed by atoms with Crippen molar-refractivity contribution in [1.82, 2.24) is 15.3 Å². The molecule has 14 heavy (non-hydrogen) atoms. The van der Waals surface area contributed by atoms with E-state index in [4.69, 9.17) is 6.42 Å². The van der Waals surface area contributed by atoms with Gasteiger partial charge in [-0.1, -0.05) is 5.92 Å². The summed E-state index contributed by atoms with van der Waals surface area (Å²) < 4.78 is 0. The van der Waals surface area contributed by atoms with Gasteiger partial charge in [-0.2, -0.15) is 0 Å². The first-order valence-corrected chi connectivity index (χ1v) is 3.69. The molecule has 0 aliphatic rings. The first-order valence-electron chi connectivity index (χ1n) is 3.69. The van der Waals surface area contributed by atoms with Crippen molar-refractivity contribution in [3.63, 3.8) is 0 Å². The van der Waals surface area contributed by atoms with E-state index in [-0.39, 0.29) is 12.1 Å². The van der Waals surface area contributed by atoms with Gasteiger partial charge in [0.25, 0.3) is 11.5 Å². The Labute approximate surface area is 78.4 Å².